The summed E-state index contributed by atoms with van der Waals surface area (Å²) in [5.74, 6) is 0.0984. The van der Waals surface area contributed by atoms with Gasteiger partial charge >= 0.3 is 0 Å². The van der Waals surface area contributed by atoms with Crippen LogP contribution >= 0.6 is 0 Å². The summed E-state index contributed by atoms with van der Waals surface area (Å²) in [5, 5.41) is 2.81. The summed E-state index contributed by atoms with van der Waals surface area (Å²) in [6.07, 6.45) is 7.50. The molecular formula is C19H24FN3O2. The predicted molar refractivity (Wildman–Crippen MR) is 94.7 cm³/mol. The van der Waals surface area contributed by atoms with Gasteiger partial charge in [-0.1, -0.05) is 18.9 Å². The summed E-state index contributed by atoms with van der Waals surface area (Å²) in [7, 11) is 0. The maximum absolute atomic E-state index is 14.1. The molecule has 134 valence electrons. The number of carbonyl (C=O) groups excluding carboxylic acids is 1. The van der Waals surface area contributed by atoms with E-state index in [1.165, 1.54) is 12.3 Å². The van der Waals surface area contributed by atoms with Crippen LogP contribution in [0.1, 0.15) is 37.7 Å². The third-order valence-electron chi connectivity index (χ3n) is 3.71. The van der Waals surface area contributed by atoms with Crippen LogP contribution in [0.3, 0.4) is 0 Å². The average molecular weight is 345 g/mol. The molecule has 6 heteroatoms. The monoisotopic (exact) mass is 345 g/mol. The van der Waals surface area contributed by atoms with Gasteiger partial charge in [-0.2, -0.15) is 0 Å². The van der Waals surface area contributed by atoms with Crippen molar-refractivity contribution in [3.05, 3.63) is 54.1 Å². The van der Waals surface area contributed by atoms with Gasteiger partial charge in [0.05, 0.1) is 6.20 Å². The lowest BCUT2D eigenvalue weighted by molar-refractivity contribution is -0.121. The highest BCUT2D eigenvalue weighted by molar-refractivity contribution is 5.75. The van der Waals surface area contributed by atoms with Gasteiger partial charge in [-0.25, -0.2) is 4.39 Å². The highest BCUT2D eigenvalue weighted by atomic mass is 19.1. The quantitative estimate of drug-likeness (QED) is 0.646. The van der Waals surface area contributed by atoms with Gasteiger partial charge in [-0.05, 0) is 49.2 Å². The van der Waals surface area contributed by atoms with E-state index < -0.39 is 5.82 Å². The summed E-state index contributed by atoms with van der Waals surface area (Å²) in [6.45, 7) is 0.990. The molecule has 1 amide bonds. The van der Waals surface area contributed by atoms with Crippen LogP contribution in [0.15, 0.2) is 42.7 Å². The van der Waals surface area contributed by atoms with Gasteiger partial charge in [0.15, 0.2) is 11.6 Å². The smallest absolute Gasteiger partial charge is 0.220 e. The Morgan fingerprint density at radius 2 is 2.04 bits per heavy atom. The van der Waals surface area contributed by atoms with Gasteiger partial charge in [-0.15, -0.1) is 0 Å². The number of hydrogen-bond acceptors (Lipinski definition) is 4. The molecule has 25 heavy (non-hydrogen) atoms. The number of nitrogens with zero attached hydrogens (tertiary/aromatic N) is 1. The lowest BCUT2D eigenvalue weighted by atomic mass is 10.1. The normalized spacial score (nSPS) is 10.5. The second-order valence-corrected chi connectivity index (χ2v) is 5.79. The Bertz CT molecular complexity index is 665. The first-order valence-electron chi connectivity index (χ1n) is 8.52. The third-order valence-corrected chi connectivity index (χ3v) is 3.71. The number of ether oxygens (including phenoxy) is 1. The van der Waals surface area contributed by atoms with Crippen LogP contribution in [0.2, 0.25) is 0 Å². The van der Waals surface area contributed by atoms with Crippen LogP contribution in [-0.2, 0) is 11.3 Å². The van der Waals surface area contributed by atoms with Crippen LogP contribution in [0.25, 0.3) is 0 Å². The number of hydrogen-bond donors (Lipinski definition) is 2. The first-order chi connectivity index (χ1) is 12.2. The molecule has 0 aliphatic carbocycles. The molecule has 0 spiro atoms. The average Bonchev–Trinajstić information content (AvgIpc) is 2.63. The van der Waals surface area contributed by atoms with E-state index in [9.17, 15) is 9.18 Å². The van der Waals surface area contributed by atoms with Gasteiger partial charge in [-0.3, -0.25) is 9.78 Å². The van der Waals surface area contributed by atoms with Gasteiger partial charge in [0.2, 0.25) is 5.91 Å². The number of nitrogens with one attached hydrogen (secondary N) is 1. The Morgan fingerprint density at radius 3 is 2.76 bits per heavy atom. The van der Waals surface area contributed by atoms with Crippen molar-refractivity contribution < 1.29 is 13.9 Å². The lowest BCUT2D eigenvalue weighted by Gasteiger charge is -2.09. The van der Waals surface area contributed by atoms with Crippen LogP contribution in [0.5, 0.6) is 11.5 Å². The maximum Gasteiger partial charge on any atom is 0.220 e. The summed E-state index contributed by atoms with van der Waals surface area (Å²) >= 11 is 0. The molecule has 0 fully saturated rings. The van der Waals surface area contributed by atoms with E-state index in [-0.39, 0.29) is 11.7 Å². The van der Waals surface area contributed by atoms with Crippen molar-refractivity contribution in [2.45, 2.75) is 38.6 Å². The van der Waals surface area contributed by atoms with Gasteiger partial charge in [0.1, 0.15) is 5.75 Å². The Kier molecular flexibility index (Phi) is 7.85. The Labute approximate surface area is 147 Å². The largest absolute Gasteiger partial charge is 0.453 e. The van der Waals surface area contributed by atoms with Crippen LogP contribution in [0, 0.1) is 5.82 Å². The summed E-state index contributed by atoms with van der Waals surface area (Å²) < 4.78 is 19.6. The third kappa shape index (κ3) is 6.89. The Balaban J connectivity index is 1.77. The van der Waals surface area contributed by atoms with E-state index in [1.54, 1.807) is 30.5 Å². The second kappa shape index (κ2) is 10.4. The van der Waals surface area contributed by atoms with Crippen molar-refractivity contribution in [3.63, 3.8) is 0 Å². The minimum Gasteiger partial charge on any atom is -0.453 e. The number of amides is 1. The van der Waals surface area contributed by atoms with Gasteiger partial charge < -0.3 is 15.8 Å². The van der Waals surface area contributed by atoms with E-state index in [4.69, 9.17) is 10.5 Å². The molecule has 0 saturated heterocycles. The number of carbonyl (C=O) groups is 1. The maximum atomic E-state index is 14.1. The molecule has 0 radical (unpaired) electrons. The number of pyridine rings is 1. The zero-order chi connectivity index (χ0) is 17.9. The molecule has 3 N–H and O–H groups in total. The predicted octanol–water partition coefficient (Wildman–Crippen LogP) is 3.54. The summed E-state index contributed by atoms with van der Waals surface area (Å²) in [6, 6.07) is 8.07. The van der Waals surface area contributed by atoms with E-state index in [2.05, 4.69) is 10.3 Å². The van der Waals surface area contributed by atoms with Crippen molar-refractivity contribution >= 4 is 5.91 Å². The van der Waals surface area contributed by atoms with Crippen LogP contribution in [-0.4, -0.2) is 17.4 Å². The van der Waals surface area contributed by atoms with Crippen LogP contribution < -0.4 is 15.8 Å². The van der Waals surface area contributed by atoms with E-state index in [1.807, 2.05) is 0 Å². The van der Waals surface area contributed by atoms with Crippen molar-refractivity contribution in [1.82, 2.24) is 10.3 Å². The number of halogens is 1. The minimum atomic E-state index is -0.475. The molecule has 1 aromatic heterocycles. The Morgan fingerprint density at radius 1 is 1.20 bits per heavy atom. The zero-order valence-electron chi connectivity index (χ0n) is 14.2. The zero-order valence-corrected chi connectivity index (χ0v) is 14.2. The first kappa shape index (κ1) is 18.9. The molecule has 1 heterocycles. The molecule has 0 bridgehead atoms. The molecule has 0 unspecified atom stereocenters. The summed E-state index contributed by atoms with van der Waals surface area (Å²) in [5.41, 5.74) is 6.11. The van der Waals surface area contributed by atoms with Crippen molar-refractivity contribution in [2.75, 3.05) is 6.54 Å². The lowest BCUT2D eigenvalue weighted by Crippen LogP contribution is -2.22. The van der Waals surface area contributed by atoms with E-state index >= 15 is 0 Å². The molecule has 0 saturated carbocycles. The number of unbranched alkanes of at least 4 members (excludes halogenated alkanes) is 3. The van der Waals surface area contributed by atoms with Gasteiger partial charge in [0.25, 0.3) is 0 Å². The topological polar surface area (TPSA) is 77.2 Å². The highest BCUT2D eigenvalue weighted by Crippen LogP contribution is 2.24. The first-order valence-corrected chi connectivity index (χ1v) is 8.52. The SMILES string of the molecule is NCCCCCCC(=O)NCc1ccc(Oc2cccnc2)c(F)c1. The number of rotatable bonds is 10. The molecule has 2 rings (SSSR count). The van der Waals surface area contributed by atoms with Gasteiger partial charge in [0, 0.05) is 19.2 Å². The molecule has 0 atom stereocenters. The molecule has 0 aliphatic heterocycles. The number of nitrogens with two attached hydrogens (primary N) is 1. The standard InChI is InChI=1S/C19H24FN3O2/c20-17-12-15(13-23-19(24)7-3-1-2-4-10-21)8-9-18(17)25-16-6-5-11-22-14-16/h5-6,8-9,11-12,14H,1-4,7,10,13,21H2,(H,23,24). The second-order valence-electron chi connectivity index (χ2n) is 5.79. The van der Waals surface area contributed by atoms with E-state index in [0.29, 0.717) is 30.8 Å². The molecular weight excluding hydrogens is 321 g/mol. The van der Waals surface area contributed by atoms with Crippen molar-refractivity contribution in [1.29, 1.82) is 0 Å². The molecule has 5 nitrogen and oxygen atoms in total. The van der Waals surface area contributed by atoms with E-state index in [0.717, 1.165) is 25.7 Å². The summed E-state index contributed by atoms with van der Waals surface area (Å²) in [4.78, 5) is 15.7. The fourth-order valence-electron chi connectivity index (χ4n) is 2.34. The Hall–Kier alpha value is -2.47. The van der Waals surface area contributed by atoms with Crippen LogP contribution in [0.4, 0.5) is 4.39 Å². The number of benzene rings is 1. The van der Waals surface area contributed by atoms with Crippen molar-refractivity contribution in [3.8, 4) is 11.5 Å². The molecule has 1 aromatic carbocycles. The highest BCUT2D eigenvalue weighted by Gasteiger charge is 2.07. The molecule has 0 aliphatic rings. The fraction of sp³-hybridized carbons (Fsp3) is 0.368. The molecule has 2 aromatic rings. The fourth-order valence-corrected chi connectivity index (χ4v) is 2.34. The van der Waals surface area contributed by atoms with Crippen molar-refractivity contribution in [2.24, 2.45) is 5.73 Å². The number of aromatic nitrogens is 1. The minimum absolute atomic E-state index is 0.0242.